The molecule has 1 aliphatic heterocycles. The predicted octanol–water partition coefficient (Wildman–Crippen LogP) is 3.42. The van der Waals surface area contributed by atoms with Crippen molar-refractivity contribution in [2.75, 3.05) is 31.6 Å². The van der Waals surface area contributed by atoms with Gasteiger partial charge in [0.25, 0.3) is 5.91 Å². The first-order valence-electron chi connectivity index (χ1n) is 8.50. The number of nitrogens with one attached hydrogen (secondary N) is 1. The summed E-state index contributed by atoms with van der Waals surface area (Å²) in [6.07, 6.45) is 1.57. The van der Waals surface area contributed by atoms with E-state index in [0.717, 1.165) is 11.2 Å². The zero-order valence-corrected chi connectivity index (χ0v) is 15.6. The van der Waals surface area contributed by atoms with Crippen LogP contribution >= 0.6 is 12.4 Å². The van der Waals surface area contributed by atoms with Crippen LogP contribution in [0.2, 0.25) is 0 Å². The van der Waals surface area contributed by atoms with Crippen molar-refractivity contribution in [3.63, 3.8) is 0 Å². The number of nitrogens with zero attached hydrogens (tertiary/aromatic N) is 3. The Kier molecular flexibility index (Phi) is 5.62. The number of benzene rings is 1. The van der Waals surface area contributed by atoms with Gasteiger partial charge in [0.1, 0.15) is 11.5 Å². The molecule has 1 N–H and O–H groups in total. The van der Waals surface area contributed by atoms with Crippen LogP contribution in [-0.2, 0) is 4.74 Å². The number of halogens is 2. The molecule has 0 radical (unpaired) electrons. The van der Waals surface area contributed by atoms with Crippen LogP contribution in [-0.4, -0.2) is 46.5 Å². The van der Waals surface area contributed by atoms with Crippen LogP contribution in [0.1, 0.15) is 16.2 Å². The lowest BCUT2D eigenvalue weighted by molar-refractivity contribution is 0.0297. The molecule has 0 bridgehead atoms. The number of anilines is 2. The maximum atomic E-state index is 13.4. The normalized spacial score (nSPS) is 14.1. The Morgan fingerprint density at radius 1 is 1.22 bits per heavy atom. The number of fused-ring (bicyclic) bond motifs is 1. The number of carbonyl (C=O) groups is 1. The van der Waals surface area contributed by atoms with E-state index in [4.69, 9.17) is 4.74 Å². The van der Waals surface area contributed by atoms with Crippen molar-refractivity contribution >= 4 is 35.3 Å². The van der Waals surface area contributed by atoms with Gasteiger partial charge in [-0.2, -0.15) is 0 Å². The number of hydrogen-bond acceptors (Lipinski definition) is 4. The summed E-state index contributed by atoms with van der Waals surface area (Å²) in [5.74, 6) is 0.182. The molecule has 2 aromatic heterocycles. The number of amides is 1. The standard InChI is InChI=1S/C19H19FN4O2.ClH/c1-13-5-6-16-18(22-15-4-2-3-14(20)11-15)21-12-17(24(13)16)19(25)23-7-9-26-10-8-23;/h2-6,11-12H,7-10H2,1H3,(H,21,22);1H. The van der Waals surface area contributed by atoms with E-state index in [1.54, 1.807) is 23.2 Å². The van der Waals surface area contributed by atoms with Crippen molar-refractivity contribution in [3.8, 4) is 0 Å². The van der Waals surface area contributed by atoms with Crippen LogP contribution in [0, 0.1) is 12.7 Å². The quantitative estimate of drug-likeness (QED) is 0.744. The average molecular weight is 391 g/mol. The summed E-state index contributed by atoms with van der Waals surface area (Å²) in [4.78, 5) is 19.1. The van der Waals surface area contributed by atoms with Gasteiger partial charge in [-0.25, -0.2) is 9.37 Å². The second-order valence-corrected chi connectivity index (χ2v) is 6.23. The van der Waals surface area contributed by atoms with Crippen LogP contribution in [0.15, 0.2) is 42.6 Å². The fraction of sp³-hybridized carbons (Fsp3) is 0.263. The summed E-state index contributed by atoms with van der Waals surface area (Å²) >= 11 is 0. The smallest absolute Gasteiger partial charge is 0.272 e. The van der Waals surface area contributed by atoms with Crippen molar-refractivity contribution < 1.29 is 13.9 Å². The lowest BCUT2D eigenvalue weighted by Gasteiger charge is -2.27. The van der Waals surface area contributed by atoms with Crippen LogP contribution in [0.5, 0.6) is 0 Å². The Balaban J connectivity index is 0.00000210. The van der Waals surface area contributed by atoms with Gasteiger partial charge in [0.05, 0.1) is 24.9 Å². The number of aromatic nitrogens is 2. The second kappa shape index (κ2) is 7.94. The molecule has 1 fully saturated rings. The Morgan fingerprint density at radius 3 is 2.74 bits per heavy atom. The minimum Gasteiger partial charge on any atom is -0.378 e. The minimum atomic E-state index is -0.323. The van der Waals surface area contributed by atoms with Crippen LogP contribution < -0.4 is 5.32 Å². The van der Waals surface area contributed by atoms with Gasteiger partial charge in [0.15, 0.2) is 5.82 Å². The fourth-order valence-electron chi connectivity index (χ4n) is 3.17. The number of carbonyl (C=O) groups excluding carboxylic acids is 1. The molecule has 1 aliphatic rings. The maximum Gasteiger partial charge on any atom is 0.272 e. The highest BCUT2D eigenvalue weighted by atomic mass is 35.5. The lowest BCUT2D eigenvalue weighted by Crippen LogP contribution is -2.41. The van der Waals surface area contributed by atoms with Gasteiger partial charge in [-0.15, -0.1) is 12.4 Å². The first-order chi connectivity index (χ1) is 12.6. The van der Waals surface area contributed by atoms with Crippen molar-refractivity contribution in [2.45, 2.75) is 6.92 Å². The van der Waals surface area contributed by atoms with Gasteiger partial charge in [-0.3, -0.25) is 4.79 Å². The van der Waals surface area contributed by atoms with E-state index in [2.05, 4.69) is 10.3 Å². The van der Waals surface area contributed by atoms with E-state index >= 15 is 0 Å². The van der Waals surface area contributed by atoms with E-state index < -0.39 is 0 Å². The zero-order valence-electron chi connectivity index (χ0n) is 14.8. The highest BCUT2D eigenvalue weighted by Crippen LogP contribution is 2.24. The minimum absolute atomic E-state index is 0. The Hall–Kier alpha value is -2.64. The number of rotatable bonds is 3. The van der Waals surface area contributed by atoms with Crippen molar-refractivity contribution in [1.29, 1.82) is 0 Å². The molecular weight excluding hydrogens is 371 g/mol. The molecule has 0 saturated carbocycles. The first kappa shape index (κ1) is 19.1. The maximum absolute atomic E-state index is 13.4. The third kappa shape index (κ3) is 3.74. The molecule has 1 amide bonds. The number of hydrogen-bond donors (Lipinski definition) is 1. The van der Waals surface area contributed by atoms with Gasteiger partial charge in [-0.1, -0.05) is 6.07 Å². The molecule has 1 saturated heterocycles. The van der Waals surface area contributed by atoms with Crippen LogP contribution in [0.3, 0.4) is 0 Å². The van der Waals surface area contributed by atoms with Crippen molar-refractivity contribution in [2.24, 2.45) is 0 Å². The van der Waals surface area contributed by atoms with E-state index in [1.807, 2.05) is 23.5 Å². The van der Waals surface area contributed by atoms with Gasteiger partial charge >= 0.3 is 0 Å². The Morgan fingerprint density at radius 2 is 2.00 bits per heavy atom. The summed E-state index contributed by atoms with van der Waals surface area (Å²) in [5, 5.41) is 3.13. The molecule has 4 rings (SSSR count). The molecule has 142 valence electrons. The molecule has 27 heavy (non-hydrogen) atoms. The van der Waals surface area contributed by atoms with Gasteiger partial charge in [0, 0.05) is 24.5 Å². The van der Waals surface area contributed by atoms with E-state index in [9.17, 15) is 9.18 Å². The Bertz CT molecular complexity index is 969. The summed E-state index contributed by atoms with van der Waals surface area (Å²) < 4.78 is 20.6. The highest BCUT2D eigenvalue weighted by molar-refractivity contribution is 5.94. The van der Waals surface area contributed by atoms with E-state index in [-0.39, 0.29) is 24.1 Å². The highest BCUT2D eigenvalue weighted by Gasteiger charge is 2.22. The monoisotopic (exact) mass is 390 g/mol. The molecule has 0 spiro atoms. The van der Waals surface area contributed by atoms with Gasteiger partial charge < -0.3 is 19.4 Å². The fourth-order valence-corrected chi connectivity index (χ4v) is 3.17. The predicted molar refractivity (Wildman–Crippen MR) is 104 cm³/mol. The Labute approximate surface area is 162 Å². The number of morpholine rings is 1. The molecule has 1 aromatic carbocycles. The van der Waals surface area contributed by atoms with E-state index in [1.165, 1.54) is 12.1 Å². The molecule has 6 nitrogen and oxygen atoms in total. The average Bonchev–Trinajstić information content (AvgIpc) is 3.05. The summed E-state index contributed by atoms with van der Waals surface area (Å²) in [7, 11) is 0. The molecule has 3 heterocycles. The zero-order chi connectivity index (χ0) is 18.1. The molecule has 0 unspecified atom stereocenters. The van der Waals surface area contributed by atoms with Gasteiger partial charge in [0.2, 0.25) is 0 Å². The van der Waals surface area contributed by atoms with Crippen LogP contribution in [0.25, 0.3) is 5.52 Å². The topological polar surface area (TPSA) is 58.9 Å². The molecular formula is C19H20ClFN4O2. The lowest BCUT2D eigenvalue weighted by atomic mass is 10.3. The van der Waals surface area contributed by atoms with Crippen molar-refractivity contribution in [3.05, 3.63) is 59.8 Å². The largest absolute Gasteiger partial charge is 0.378 e. The summed E-state index contributed by atoms with van der Waals surface area (Å²) in [6.45, 7) is 4.18. The summed E-state index contributed by atoms with van der Waals surface area (Å²) in [6, 6.07) is 10.0. The molecule has 8 heteroatoms. The third-order valence-electron chi connectivity index (χ3n) is 4.48. The van der Waals surface area contributed by atoms with Crippen molar-refractivity contribution in [1.82, 2.24) is 14.3 Å². The summed E-state index contributed by atoms with van der Waals surface area (Å²) in [5.41, 5.74) is 2.81. The van der Waals surface area contributed by atoms with Gasteiger partial charge in [-0.05, 0) is 37.3 Å². The molecule has 0 aliphatic carbocycles. The number of aryl methyl sites for hydroxylation is 1. The van der Waals surface area contributed by atoms with Crippen LogP contribution in [0.4, 0.5) is 15.9 Å². The molecule has 0 atom stereocenters. The first-order valence-corrected chi connectivity index (χ1v) is 8.50. The van der Waals surface area contributed by atoms with E-state index in [0.29, 0.717) is 43.5 Å². The second-order valence-electron chi connectivity index (χ2n) is 6.23. The number of ether oxygens (including phenoxy) is 1. The molecule has 3 aromatic rings. The SMILES string of the molecule is Cc1ccc2c(Nc3cccc(F)c3)ncc(C(=O)N3CCOCC3)n12.Cl. The third-order valence-corrected chi connectivity index (χ3v) is 4.48.